The van der Waals surface area contributed by atoms with E-state index in [0.29, 0.717) is 11.4 Å². The maximum absolute atomic E-state index is 13.4. The average Bonchev–Trinajstić information content (AvgIpc) is 3.52. The van der Waals surface area contributed by atoms with Crippen molar-refractivity contribution in [3.63, 3.8) is 0 Å². The number of nitrogens with one attached hydrogen (secondary N) is 2. The minimum atomic E-state index is -3.88. The van der Waals surface area contributed by atoms with Crippen LogP contribution in [0.4, 0.5) is 17.1 Å². The molecule has 0 bridgehead atoms. The maximum Gasteiger partial charge on any atom is 0.265 e. The van der Waals surface area contributed by atoms with Crippen LogP contribution in [0, 0.1) is 0 Å². The summed E-state index contributed by atoms with van der Waals surface area (Å²) in [6.45, 7) is 0. The first-order chi connectivity index (χ1) is 16.1. The third-order valence-electron chi connectivity index (χ3n) is 4.95. The molecule has 2 heterocycles. The molecule has 0 aliphatic heterocycles. The van der Waals surface area contributed by atoms with Gasteiger partial charge in [-0.2, -0.15) is 5.10 Å². The molecule has 2 N–H and O–H groups in total. The number of hydrogen-bond donors (Lipinski definition) is 2. The highest BCUT2D eigenvalue weighted by Crippen LogP contribution is 2.32. The van der Waals surface area contributed by atoms with E-state index in [1.165, 1.54) is 11.3 Å². The first kappa shape index (κ1) is 21.0. The number of hydrogen-bond acceptors (Lipinski definition) is 5. The number of rotatable bonds is 7. The molecule has 0 saturated heterocycles. The van der Waals surface area contributed by atoms with Gasteiger partial charge in [0.15, 0.2) is 0 Å². The Kier molecular flexibility index (Phi) is 5.68. The Labute approximate surface area is 196 Å². The van der Waals surface area contributed by atoms with Crippen LogP contribution < -0.4 is 10.0 Å². The van der Waals surface area contributed by atoms with Gasteiger partial charge in [0.1, 0.15) is 10.6 Å². The highest BCUT2D eigenvalue weighted by molar-refractivity contribution is 7.92. The second kappa shape index (κ2) is 8.93. The average molecular weight is 473 g/mol. The minimum Gasteiger partial charge on any atom is -0.356 e. The highest BCUT2D eigenvalue weighted by Gasteiger charge is 2.25. The van der Waals surface area contributed by atoms with Gasteiger partial charge in [0.2, 0.25) is 0 Å². The fourth-order valence-corrected chi connectivity index (χ4v) is 5.36. The third-order valence-corrected chi connectivity index (χ3v) is 7.20. The summed E-state index contributed by atoms with van der Waals surface area (Å²) in [7, 11) is -3.88. The van der Waals surface area contributed by atoms with Crippen LogP contribution in [0.25, 0.3) is 16.3 Å². The first-order valence-corrected chi connectivity index (χ1v) is 12.6. The maximum atomic E-state index is 13.4. The number of benzene rings is 3. The van der Waals surface area contributed by atoms with Crippen molar-refractivity contribution in [1.82, 2.24) is 9.78 Å². The van der Waals surface area contributed by atoms with Gasteiger partial charge in [-0.05, 0) is 60.0 Å². The van der Waals surface area contributed by atoms with Crippen LogP contribution in [-0.4, -0.2) is 18.2 Å². The molecule has 0 radical (unpaired) electrons. The van der Waals surface area contributed by atoms with Gasteiger partial charge in [-0.25, -0.2) is 13.1 Å². The van der Waals surface area contributed by atoms with Gasteiger partial charge in [0.25, 0.3) is 10.0 Å². The number of thiophene rings is 1. The lowest BCUT2D eigenvalue weighted by molar-refractivity contribution is 0.601. The predicted molar refractivity (Wildman–Crippen MR) is 134 cm³/mol. The summed E-state index contributed by atoms with van der Waals surface area (Å²) in [4.78, 5) is 0.910. The van der Waals surface area contributed by atoms with Crippen molar-refractivity contribution in [2.75, 3.05) is 10.0 Å². The van der Waals surface area contributed by atoms with Crippen molar-refractivity contribution in [2.45, 2.75) is 4.90 Å². The van der Waals surface area contributed by atoms with Gasteiger partial charge in [-0.1, -0.05) is 42.5 Å². The quantitative estimate of drug-likeness (QED) is 0.298. The molecule has 5 rings (SSSR count). The molecule has 0 aliphatic carbocycles. The van der Waals surface area contributed by atoms with Gasteiger partial charge in [0.05, 0.1) is 16.8 Å². The molecule has 0 amide bonds. The van der Waals surface area contributed by atoms with E-state index in [-0.39, 0.29) is 4.90 Å². The zero-order valence-corrected chi connectivity index (χ0v) is 19.1. The van der Waals surface area contributed by atoms with Crippen molar-refractivity contribution < 1.29 is 8.42 Å². The molecule has 0 unspecified atom stereocenters. The molecular weight excluding hydrogens is 452 g/mol. The number of anilines is 3. The molecule has 2 aromatic heterocycles. The van der Waals surface area contributed by atoms with E-state index in [4.69, 9.17) is 0 Å². The lowest BCUT2D eigenvalue weighted by Gasteiger charge is -2.10. The summed E-state index contributed by atoms with van der Waals surface area (Å²) < 4.78 is 31.0. The summed E-state index contributed by atoms with van der Waals surface area (Å²) in [6, 6.07) is 30.1. The Morgan fingerprint density at radius 2 is 1.36 bits per heavy atom. The lowest BCUT2D eigenvalue weighted by Crippen LogP contribution is -2.13. The summed E-state index contributed by atoms with van der Waals surface area (Å²) in [5.41, 5.74) is 3.50. The van der Waals surface area contributed by atoms with Crippen molar-refractivity contribution in [3.8, 4) is 16.3 Å². The zero-order valence-electron chi connectivity index (χ0n) is 17.4. The van der Waals surface area contributed by atoms with E-state index in [1.807, 2.05) is 90.3 Å². The molecule has 3 aromatic carbocycles. The summed E-state index contributed by atoms with van der Waals surface area (Å²) in [6.07, 6.45) is 1.55. The Balaban J connectivity index is 1.44. The SMILES string of the molecule is O=S(=O)(Nc1ccc(Nc2ccccc2)cc1)c1cn(-c2ccccc2)nc1-c1cccs1. The second-order valence-electron chi connectivity index (χ2n) is 7.27. The minimum absolute atomic E-state index is 0.125. The summed E-state index contributed by atoms with van der Waals surface area (Å²) in [5, 5.41) is 9.78. The normalized spacial score (nSPS) is 11.3. The second-order valence-corrected chi connectivity index (χ2v) is 9.87. The Morgan fingerprint density at radius 1 is 0.727 bits per heavy atom. The van der Waals surface area contributed by atoms with Crippen molar-refractivity contribution >= 4 is 38.4 Å². The molecule has 8 heteroatoms. The van der Waals surface area contributed by atoms with E-state index in [0.717, 1.165) is 21.9 Å². The van der Waals surface area contributed by atoms with Crippen molar-refractivity contribution in [2.24, 2.45) is 0 Å². The number of nitrogens with zero attached hydrogens (tertiary/aromatic N) is 2. The van der Waals surface area contributed by atoms with Crippen molar-refractivity contribution in [1.29, 1.82) is 0 Å². The first-order valence-electron chi connectivity index (χ1n) is 10.2. The molecule has 164 valence electrons. The van der Waals surface area contributed by atoms with Crippen LogP contribution in [-0.2, 0) is 10.0 Å². The van der Waals surface area contributed by atoms with Crippen LogP contribution in [0.2, 0.25) is 0 Å². The Hall–Kier alpha value is -3.88. The number of para-hydroxylation sites is 2. The molecule has 5 aromatic rings. The molecule has 0 aliphatic rings. The summed E-state index contributed by atoms with van der Waals surface area (Å²) in [5.74, 6) is 0. The predicted octanol–water partition coefficient (Wildman–Crippen LogP) is 6.15. The van der Waals surface area contributed by atoms with Gasteiger partial charge < -0.3 is 5.32 Å². The number of aromatic nitrogens is 2. The third kappa shape index (κ3) is 4.67. The topological polar surface area (TPSA) is 76.0 Å². The van der Waals surface area contributed by atoms with E-state index >= 15 is 0 Å². The Morgan fingerprint density at radius 3 is 2.03 bits per heavy atom. The largest absolute Gasteiger partial charge is 0.356 e. The van der Waals surface area contributed by atoms with Gasteiger partial charge >= 0.3 is 0 Å². The molecular formula is C25H20N4O2S2. The van der Waals surface area contributed by atoms with Crippen LogP contribution in [0.5, 0.6) is 0 Å². The summed E-state index contributed by atoms with van der Waals surface area (Å²) >= 11 is 1.45. The molecule has 0 atom stereocenters. The van der Waals surface area contributed by atoms with Crippen molar-refractivity contribution in [3.05, 3.63) is 109 Å². The van der Waals surface area contributed by atoms with E-state index in [9.17, 15) is 8.42 Å². The molecule has 0 fully saturated rings. The monoisotopic (exact) mass is 472 g/mol. The zero-order chi connectivity index (χ0) is 22.7. The van der Waals surface area contributed by atoms with Crippen LogP contribution in [0.3, 0.4) is 0 Å². The molecule has 33 heavy (non-hydrogen) atoms. The van der Waals surface area contributed by atoms with Crippen LogP contribution >= 0.6 is 11.3 Å². The molecule has 0 saturated carbocycles. The van der Waals surface area contributed by atoms with E-state index in [1.54, 1.807) is 23.0 Å². The fourth-order valence-electron chi connectivity index (χ4n) is 3.37. The highest BCUT2D eigenvalue weighted by atomic mass is 32.2. The van der Waals surface area contributed by atoms with Gasteiger partial charge in [-0.3, -0.25) is 4.72 Å². The Bertz CT molecular complexity index is 1450. The van der Waals surface area contributed by atoms with Crippen LogP contribution in [0.15, 0.2) is 114 Å². The standard InChI is InChI=1S/C25H20N4O2S2/c30-33(31,28-21-15-13-20(14-16-21)26-19-8-3-1-4-9-19)24-18-29(22-10-5-2-6-11-22)27-25(24)23-12-7-17-32-23/h1-18,26,28H. The van der Waals surface area contributed by atoms with E-state index in [2.05, 4.69) is 15.1 Å². The van der Waals surface area contributed by atoms with Crippen LogP contribution in [0.1, 0.15) is 0 Å². The smallest absolute Gasteiger partial charge is 0.265 e. The lowest BCUT2D eigenvalue weighted by atomic mass is 10.2. The molecule has 0 spiro atoms. The van der Waals surface area contributed by atoms with Gasteiger partial charge in [-0.15, -0.1) is 11.3 Å². The fraction of sp³-hybridized carbons (Fsp3) is 0. The van der Waals surface area contributed by atoms with Gasteiger partial charge in [0, 0.05) is 17.1 Å². The van der Waals surface area contributed by atoms with E-state index < -0.39 is 10.0 Å². The molecule has 6 nitrogen and oxygen atoms in total. The number of sulfonamides is 1.